The highest BCUT2D eigenvalue weighted by molar-refractivity contribution is 5.92. The second-order valence-electron chi connectivity index (χ2n) is 5.44. The van der Waals surface area contributed by atoms with E-state index in [0.29, 0.717) is 0 Å². The van der Waals surface area contributed by atoms with E-state index >= 15 is 0 Å². The van der Waals surface area contributed by atoms with Crippen LogP contribution in [0.3, 0.4) is 0 Å². The zero-order valence-corrected chi connectivity index (χ0v) is 12.5. The molecular formula is C19H20O2. The lowest BCUT2D eigenvalue weighted by molar-refractivity contribution is -0.126. The average molecular weight is 280 g/mol. The van der Waals surface area contributed by atoms with Gasteiger partial charge in [0.2, 0.25) is 0 Å². The highest BCUT2D eigenvalue weighted by Crippen LogP contribution is 2.28. The molecule has 0 N–H and O–H groups in total. The van der Waals surface area contributed by atoms with Crippen LogP contribution in [0.15, 0.2) is 60.7 Å². The van der Waals surface area contributed by atoms with Gasteiger partial charge in [0, 0.05) is 12.3 Å². The summed E-state index contributed by atoms with van der Waals surface area (Å²) in [4.78, 5) is 24.1. The van der Waals surface area contributed by atoms with Gasteiger partial charge in [-0.3, -0.25) is 9.59 Å². The van der Waals surface area contributed by atoms with Gasteiger partial charge in [0.1, 0.15) is 11.6 Å². The topological polar surface area (TPSA) is 34.1 Å². The number of Topliss-reactive ketones (excluding diaryl/α,β-unsaturated/α-hetero) is 2. The lowest BCUT2D eigenvalue weighted by atomic mass is 9.84. The van der Waals surface area contributed by atoms with Crippen LogP contribution in [-0.2, 0) is 9.59 Å². The molecule has 0 amide bonds. The maximum atomic E-state index is 12.7. The van der Waals surface area contributed by atoms with Crippen LogP contribution in [0.25, 0.3) is 0 Å². The minimum atomic E-state index is -0.297. The van der Waals surface area contributed by atoms with Crippen LogP contribution < -0.4 is 0 Å². The predicted molar refractivity (Wildman–Crippen MR) is 84.2 cm³/mol. The maximum absolute atomic E-state index is 12.7. The molecule has 2 rings (SSSR count). The summed E-state index contributed by atoms with van der Waals surface area (Å²) >= 11 is 0. The first-order chi connectivity index (χ1) is 10.1. The standard InChI is InChI=1S/C19H20O2/c1-14(15(2)20)13-18(21)19(16-9-5-3-6-10-16)17-11-7-4-8-12-17/h3-12,14,19H,13H2,1-2H3/t14-/m1/s1. The van der Waals surface area contributed by atoms with Gasteiger partial charge in [-0.15, -0.1) is 0 Å². The molecule has 0 bridgehead atoms. The van der Waals surface area contributed by atoms with Gasteiger partial charge in [-0.2, -0.15) is 0 Å². The molecular weight excluding hydrogens is 260 g/mol. The Kier molecular flexibility index (Phi) is 5.04. The number of rotatable bonds is 6. The summed E-state index contributed by atoms with van der Waals surface area (Å²) in [5, 5.41) is 0. The van der Waals surface area contributed by atoms with Crippen molar-refractivity contribution in [2.24, 2.45) is 5.92 Å². The molecule has 0 radical (unpaired) electrons. The Hall–Kier alpha value is -2.22. The van der Waals surface area contributed by atoms with Crippen molar-refractivity contribution >= 4 is 11.6 Å². The molecule has 0 aromatic heterocycles. The van der Waals surface area contributed by atoms with Gasteiger partial charge < -0.3 is 0 Å². The molecule has 2 aromatic carbocycles. The normalized spacial score (nSPS) is 12.1. The Bertz CT molecular complexity index is 562. The molecule has 1 atom stereocenters. The van der Waals surface area contributed by atoms with E-state index in [9.17, 15) is 9.59 Å². The van der Waals surface area contributed by atoms with E-state index < -0.39 is 0 Å². The lowest BCUT2D eigenvalue weighted by Crippen LogP contribution is -2.19. The van der Waals surface area contributed by atoms with E-state index in [-0.39, 0.29) is 29.8 Å². The Labute approximate surface area is 125 Å². The van der Waals surface area contributed by atoms with Crippen molar-refractivity contribution in [3.05, 3.63) is 71.8 Å². The van der Waals surface area contributed by atoms with Crippen LogP contribution in [0.4, 0.5) is 0 Å². The van der Waals surface area contributed by atoms with E-state index in [0.717, 1.165) is 11.1 Å². The van der Waals surface area contributed by atoms with Gasteiger partial charge in [-0.05, 0) is 18.1 Å². The van der Waals surface area contributed by atoms with E-state index in [1.807, 2.05) is 67.6 Å². The zero-order valence-electron chi connectivity index (χ0n) is 12.5. The van der Waals surface area contributed by atoms with Crippen molar-refractivity contribution in [2.75, 3.05) is 0 Å². The molecule has 0 heterocycles. The summed E-state index contributed by atoms with van der Waals surface area (Å²) in [6.07, 6.45) is 0.282. The smallest absolute Gasteiger partial charge is 0.145 e. The molecule has 2 heteroatoms. The molecule has 0 saturated carbocycles. The fourth-order valence-electron chi connectivity index (χ4n) is 2.42. The van der Waals surface area contributed by atoms with Crippen LogP contribution in [0.5, 0.6) is 0 Å². The quantitative estimate of drug-likeness (QED) is 0.801. The molecule has 108 valence electrons. The van der Waals surface area contributed by atoms with Crippen molar-refractivity contribution < 1.29 is 9.59 Å². The molecule has 0 aliphatic rings. The van der Waals surface area contributed by atoms with Crippen molar-refractivity contribution in [1.82, 2.24) is 0 Å². The molecule has 0 spiro atoms. The van der Waals surface area contributed by atoms with Crippen LogP contribution in [-0.4, -0.2) is 11.6 Å². The average Bonchev–Trinajstić information content (AvgIpc) is 2.49. The van der Waals surface area contributed by atoms with Gasteiger partial charge in [-0.1, -0.05) is 67.6 Å². The van der Waals surface area contributed by atoms with E-state index in [1.54, 1.807) is 0 Å². The van der Waals surface area contributed by atoms with Crippen LogP contribution >= 0.6 is 0 Å². The number of hydrogen-bond donors (Lipinski definition) is 0. The van der Waals surface area contributed by atoms with Crippen molar-refractivity contribution in [1.29, 1.82) is 0 Å². The third-order valence-electron chi connectivity index (χ3n) is 3.79. The summed E-state index contributed by atoms with van der Waals surface area (Å²) in [5.41, 5.74) is 1.95. The number of carbonyl (C=O) groups is 2. The molecule has 0 aliphatic carbocycles. The molecule has 0 aliphatic heterocycles. The van der Waals surface area contributed by atoms with Gasteiger partial charge in [0.25, 0.3) is 0 Å². The number of carbonyl (C=O) groups excluding carboxylic acids is 2. The highest BCUT2D eigenvalue weighted by Gasteiger charge is 2.24. The Morgan fingerprint density at radius 3 is 1.67 bits per heavy atom. The second kappa shape index (κ2) is 6.98. The third-order valence-corrected chi connectivity index (χ3v) is 3.79. The molecule has 21 heavy (non-hydrogen) atoms. The summed E-state index contributed by atoms with van der Waals surface area (Å²) in [6.45, 7) is 3.35. The monoisotopic (exact) mass is 280 g/mol. The summed E-state index contributed by atoms with van der Waals surface area (Å²) in [6, 6.07) is 19.5. The zero-order chi connectivity index (χ0) is 15.2. The molecule has 0 fully saturated rings. The first kappa shape index (κ1) is 15.2. The van der Waals surface area contributed by atoms with Crippen LogP contribution in [0.2, 0.25) is 0 Å². The fraction of sp³-hybridized carbons (Fsp3) is 0.263. The van der Waals surface area contributed by atoms with Crippen molar-refractivity contribution in [3.63, 3.8) is 0 Å². The minimum absolute atomic E-state index is 0.0585. The number of ketones is 2. The first-order valence-electron chi connectivity index (χ1n) is 7.22. The number of benzene rings is 2. The summed E-state index contributed by atoms with van der Waals surface area (Å²) in [7, 11) is 0. The Balaban J connectivity index is 2.33. The highest BCUT2D eigenvalue weighted by atomic mass is 16.1. The minimum Gasteiger partial charge on any atom is -0.300 e. The summed E-state index contributed by atoms with van der Waals surface area (Å²) < 4.78 is 0. The molecule has 0 unspecified atom stereocenters. The van der Waals surface area contributed by atoms with Crippen LogP contribution in [0, 0.1) is 5.92 Å². The van der Waals surface area contributed by atoms with Gasteiger partial charge >= 0.3 is 0 Å². The van der Waals surface area contributed by atoms with Crippen molar-refractivity contribution in [3.8, 4) is 0 Å². The van der Waals surface area contributed by atoms with Crippen LogP contribution in [0.1, 0.15) is 37.3 Å². The van der Waals surface area contributed by atoms with Gasteiger partial charge in [0.05, 0.1) is 5.92 Å². The van der Waals surface area contributed by atoms with Gasteiger partial charge in [-0.25, -0.2) is 0 Å². The molecule has 2 aromatic rings. The van der Waals surface area contributed by atoms with Gasteiger partial charge in [0.15, 0.2) is 0 Å². The predicted octanol–water partition coefficient (Wildman–Crippen LogP) is 4.00. The van der Waals surface area contributed by atoms with E-state index in [1.165, 1.54) is 6.92 Å². The summed E-state index contributed by atoms with van der Waals surface area (Å²) in [5.74, 6) is -0.375. The first-order valence-corrected chi connectivity index (χ1v) is 7.22. The van der Waals surface area contributed by atoms with Crippen molar-refractivity contribution in [2.45, 2.75) is 26.2 Å². The Morgan fingerprint density at radius 2 is 1.29 bits per heavy atom. The Morgan fingerprint density at radius 1 is 0.857 bits per heavy atom. The third kappa shape index (κ3) is 3.88. The fourth-order valence-corrected chi connectivity index (χ4v) is 2.42. The number of hydrogen-bond acceptors (Lipinski definition) is 2. The van der Waals surface area contributed by atoms with E-state index in [2.05, 4.69) is 0 Å². The lowest BCUT2D eigenvalue weighted by Gasteiger charge is -2.18. The maximum Gasteiger partial charge on any atom is 0.145 e. The SMILES string of the molecule is CC(=O)[C@H](C)CC(=O)C(c1ccccc1)c1ccccc1. The largest absolute Gasteiger partial charge is 0.300 e. The van der Waals surface area contributed by atoms with E-state index in [4.69, 9.17) is 0 Å². The second-order valence-corrected chi connectivity index (χ2v) is 5.44. The molecule has 2 nitrogen and oxygen atoms in total. The molecule has 0 saturated heterocycles.